The van der Waals surface area contributed by atoms with Crippen LogP contribution in [0.2, 0.25) is 0 Å². The zero-order valence-corrected chi connectivity index (χ0v) is 10.6. The molecule has 0 heterocycles. The number of amides is 1. The third kappa shape index (κ3) is 3.81. The SMILES string of the molecule is CC(=O)N=C1C=CCC(CCc2ccccc2)=C1. The quantitative estimate of drug-likeness (QED) is 0.793. The van der Waals surface area contributed by atoms with Gasteiger partial charge in [-0.25, -0.2) is 4.99 Å². The van der Waals surface area contributed by atoms with Gasteiger partial charge in [0.1, 0.15) is 0 Å². The van der Waals surface area contributed by atoms with Crippen molar-refractivity contribution in [3.05, 3.63) is 59.7 Å². The summed E-state index contributed by atoms with van der Waals surface area (Å²) in [6.07, 6.45) is 9.03. The summed E-state index contributed by atoms with van der Waals surface area (Å²) in [7, 11) is 0. The number of nitrogens with zero attached hydrogens (tertiary/aromatic N) is 1. The lowest BCUT2D eigenvalue weighted by Crippen LogP contribution is -2.01. The van der Waals surface area contributed by atoms with Crippen molar-refractivity contribution in [3.63, 3.8) is 0 Å². The van der Waals surface area contributed by atoms with Crippen molar-refractivity contribution >= 4 is 11.6 Å². The molecule has 0 saturated carbocycles. The highest BCUT2D eigenvalue weighted by Crippen LogP contribution is 2.16. The highest BCUT2D eigenvalue weighted by molar-refractivity contribution is 6.10. The molecule has 1 aromatic rings. The Hall–Kier alpha value is -1.96. The Balaban J connectivity index is 1.98. The molecule has 2 heteroatoms. The van der Waals surface area contributed by atoms with Crippen LogP contribution in [0.5, 0.6) is 0 Å². The van der Waals surface area contributed by atoms with Crippen LogP contribution >= 0.6 is 0 Å². The summed E-state index contributed by atoms with van der Waals surface area (Å²) in [6, 6.07) is 10.4. The van der Waals surface area contributed by atoms with Crippen molar-refractivity contribution in [1.29, 1.82) is 0 Å². The largest absolute Gasteiger partial charge is 0.273 e. The number of allylic oxidation sites excluding steroid dienone is 4. The van der Waals surface area contributed by atoms with Crippen LogP contribution in [0.25, 0.3) is 0 Å². The van der Waals surface area contributed by atoms with Gasteiger partial charge in [0.05, 0.1) is 5.71 Å². The smallest absolute Gasteiger partial charge is 0.243 e. The molecule has 92 valence electrons. The monoisotopic (exact) mass is 239 g/mol. The Kier molecular flexibility index (Phi) is 4.24. The number of hydrogen-bond donors (Lipinski definition) is 0. The van der Waals surface area contributed by atoms with Crippen LogP contribution in [0, 0.1) is 0 Å². The fourth-order valence-electron chi connectivity index (χ4n) is 2.02. The molecule has 0 spiro atoms. The second kappa shape index (κ2) is 6.10. The molecule has 18 heavy (non-hydrogen) atoms. The molecule has 0 aliphatic heterocycles. The fraction of sp³-hybridized carbons (Fsp3) is 0.250. The van der Waals surface area contributed by atoms with E-state index in [1.165, 1.54) is 18.1 Å². The summed E-state index contributed by atoms with van der Waals surface area (Å²) in [5.74, 6) is -0.143. The topological polar surface area (TPSA) is 29.4 Å². The predicted molar refractivity (Wildman–Crippen MR) is 74.7 cm³/mol. The molecular formula is C16H17NO. The van der Waals surface area contributed by atoms with Gasteiger partial charge < -0.3 is 0 Å². The molecule has 0 atom stereocenters. The van der Waals surface area contributed by atoms with Gasteiger partial charge in [0, 0.05) is 6.92 Å². The van der Waals surface area contributed by atoms with Gasteiger partial charge in [-0.3, -0.25) is 4.79 Å². The highest BCUT2D eigenvalue weighted by Gasteiger charge is 2.04. The van der Waals surface area contributed by atoms with Gasteiger partial charge in [-0.2, -0.15) is 0 Å². The lowest BCUT2D eigenvalue weighted by Gasteiger charge is -2.09. The number of hydrogen-bond acceptors (Lipinski definition) is 1. The van der Waals surface area contributed by atoms with E-state index in [2.05, 4.69) is 35.3 Å². The maximum Gasteiger partial charge on any atom is 0.243 e. The van der Waals surface area contributed by atoms with Crippen molar-refractivity contribution < 1.29 is 4.79 Å². The average molecular weight is 239 g/mol. The number of rotatable bonds is 3. The first-order chi connectivity index (χ1) is 8.74. The summed E-state index contributed by atoms with van der Waals surface area (Å²) in [5.41, 5.74) is 3.45. The molecule has 0 saturated heterocycles. The van der Waals surface area contributed by atoms with Gasteiger partial charge >= 0.3 is 0 Å². The van der Waals surface area contributed by atoms with Crippen LogP contribution < -0.4 is 0 Å². The Bertz CT molecular complexity index is 509. The lowest BCUT2D eigenvalue weighted by atomic mass is 9.97. The number of benzene rings is 1. The molecule has 0 bridgehead atoms. The lowest BCUT2D eigenvalue weighted by molar-refractivity contribution is -0.115. The van der Waals surface area contributed by atoms with Gasteiger partial charge in [-0.15, -0.1) is 0 Å². The molecule has 1 aliphatic rings. The zero-order valence-electron chi connectivity index (χ0n) is 10.6. The van der Waals surface area contributed by atoms with Crippen molar-refractivity contribution in [2.75, 3.05) is 0 Å². The summed E-state index contributed by atoms with van der Waals surface area (Å²) in [5, 5.41) is 0. The van der Waals surface area contributed by atoms with Gasteiger partial charge in [-0.05, 0) is 37.0 Å². The van der Waals surface area contributed by atoms with E-state index < -0.39 is 0 Å². The highest BCUT2D eigenvalue weighted by atomic mass is 16.1. The minimum atomic E-state index is -0.143. The third-order valence-corrected chi connectivity index (χ3v) is 2.88. The van der Waals surface area contributed by atoms with E-state index in [9.17, 15) is 4.79 Å². The van der Waals surface area contributed by atoms with Crippen LogP contribution in [0.3, 0.4) is 0 Å². The first kappa shape index (κ1) is 12.5. The summed E-state index contributed by atoms with van der Waals surface area (Å²) in [6.45, 7) is 1.48. The number of aryl methyl sites for hydroxylation is 1. The molecular weight excluding hydrogens is 222 g/mol. The second-order valence-corrected chi connectivity index (χ2v) is 4.45. The molecule has 1 amide bonds. The normalized spacial score (nSPS) is 16.7. The standard InChI is InChI=1S/C16H17NO/c1-13(18)17-16-9-5-8-15(12-16)11-10-14-6-3-2-4-7-14/h2-7,9,12H,8,10-11H2,1H3. The van der Waals surface area contributed by atoms with E-state index >= 15 is 0 Å². The fourth-order valence-corrected chi connectivity index (χ4v) is 2.02. The number of aliphatic imine (C=N–C) groups is 1. The van der Waals surface area contributed by atoms with Crippen molar-refractivity contribution in [1.82, 2.24) is 0 Å². The first-order valence-corrected chi connectivity index (χ1v) is 6.23. The van der Waals surface area contributed by atoms with Crippen LogP contribution in [-0.4, -0.2) is 11.6 Å². The first-order valence-electron chi connectivity index (χ1n) is 6.23. The number of carbonyl (C=O) groups is 1. The molecule has 0 radical (unpaired) electrons. The van der Waals surface area contributed by atoms with Crippen LogP contribution in [-0.2, 0) is 11.2 Å². The molecule has 0 unspecified atom stereocenters. The molecule has 1 aromatic carbocycles. The van der Waals surface area contributed by atoms with Crippen molar-refractivity contribution in [3.8, 4) is 0 Å². The minimum absolute atomic E-state index is 0.143. The molecule has 2 nitrogen and oxygen atoms in total. The van der Waals surface area contributed by atoms with Gasteiger partial charge in [0.15, 0.2) is 0 Å². The van der Waals surface area contributed by atoms with Gasteiger partial charge in [0.25, 0.3) is 0 Å². The van der Waals surface area contributed by atoms with Crippen LogP contribution in [0.1, 0.15) is 25.3 Å². The summed E-state index contributed by atoms with van der Waals surface area (Å²) >= 11 is 0. The van der Waals surface area contributed by atoms with E-state index in [0.717, 1.165) is 25.0 Å². The van der Waals surface area contributed by atoms with E-state index in [1.807, 2.05) is 18.2 Å². The molecule has 2 rings (SSSR count). The molecule has 1 aliphatic carbocycles. The Morgan fingerprint density at radius 2 is 2.00 bits per heavy atom. The van der Waals surface area contributed by atoms with E-state index in [1.54, 1.807) is 0 Å². The number of carbonyl (C=O) groups excluding carboxylic acids is 1. The molecule has 0 aromatic heterocycles. The van der Waals surface area contributed by atoms with Crippen LogP contribution in [0.15, 0.2) is 59.1 Å². The van der Waals surface area contributed by atoms with Crippen molar-refractivity contribution in [2.45, 2.75) is 26.2 Å². The third-order valence-electron chi connectivity index (χ3n) is 2.88. The van der Waals surface area contributed by atoms with E-state index in [4.69, 9.17) is 0 Å². The van der Waals surface area contributed by atoms with E-state index in [-0.39, 0.29) is 5.91 Å². The zero-order chi connectivity index (χ0) is 12.8. The Labute approximate surface area is 108 Å². The van der Waals surface area contributed by atoms with Gasteiger partial charge in [-0.1, -0.05) is 42.0 Å². The second-order valence-electron chi connectivity index (χ2n) is 4.45. The van der Waals surface area contributed by atoms with E-state index in [0.29, 0.717) is 0 Å². The minimum Gasteiger partial charge on any atom is -0.273 e. The summed E-state index contributed by atoms with van der Waals surface area (Å²) in [4.78, 5) is 14.9. The average Bonchev–Trinajstić information content (AvgIpc) is 2.37. The Morgan fingerprint density at radius 3 is 2.72 bits per heavy atom. The predicted octanol–water partition coefficient (Wildman–Crippen LogP) is 3.49. The molecule has 0 fully saturated rings. The van der Waals surface area contributed by atoms with Gasteiger partial charge in [0.2, 0.25) is 5.91 Å². The van der Waals surface area contributed by atoms with Crippen molar-refractivity contribution in [2.24, 2.45) is 4.99 Å². The maximum absolute atomic E-state index is 10.9. The Morgan fingerprint density at radius 1 is 1.22 bits per heavy atom. The molecule has 0 N–H and O–H groups in total. The van der Waals surface area contributed by atoms with Crippen LogP contribution in [0.4, 0.5) is 0 Å². The summed E-state index contributed by atoms with van der Waals surface area (Å²) < 4.78 is 0. The maximum atomic E-state index is 10.9.